The summed E-state index contributed by atoms with van der Waals surface area (Å²) in [5, 5.41) is 2.79. The molecule has 0 bridgehead atoms. The van der Waals surface area contributed by atoms with Crippen LogP contribution < -0.4 is 15.8 Å². The number of quaternary nitrogens is 1. The van der Waals surface area contributed by atoms with Gasteiger partial charge in [0.2, 0.25) is 5.88 Å². The van der Waals surface area contributed by atoms with Gasteiger partial charge in [0.1, 0.15) is 0 Å². The summed E-state index contributed by atoms with van der Waals surface area (Å²) in [5.41, 5.74) is 6.17. The average molecular weight is 460 g/mol. The lowest BCUT2D eigenvalue weighted by Crippen LogP contribution is -2.67. The Hall–Kier alpha value is -2.75. The molecule has 0 saturated carbocycles. The third-order valence-electron chi connectivity index (χ3n) is 3.78. The second-order valence-corrected chi connectivity index (χ2v) is 8.68. The van der Waals surface area contributed by atoms with Crippen molar-refractivity contribution in [3.63, 3.8) is 0 Å². The van der Waals surface area contributed by atoms with Gasteiger partial charge in [0.05, 0.1) is 11.6 Å². The molecule has 0 fully saturated rings. The normalized spacial score (nSPS) is 12.6. The molecule has 178 valence electrons. The number of hydrogen-bond acceptors (Lipinski definition) is 4. The molecule has 1 amide bonds. The molecular formula is C22H31F4N4O2+. The molecule has 0 spiro atoms. The predicted molar refractivity (Wildman–Crippen MR) is 113 cm³/mol. The number of alkyl halides is 4. The van der Waals surface area contributed by atoms with Crippen molar-refractivity contribution in [2.24, 2.45) is 0 Å². The first kappa shape index (κ1) is 27.3. The highest BCUT2D eigenvalue weighted by Gasteiger charge is 2.42. The van der Waals surface area contributed by atoms with Crippen LogP contribution in [0.1, 0.15) is 60.9 Å². The number of pyridine rings is 2. The van der Waals surface area contributed by atoms with Gasteiger partial charge < -0.3 is 15.8 Å². The predicted octanol–water partition coefficient (Wildman–Crippen LogP) is 3.89. The lowest BCUT2D eigenvalue weighted by molar-refractivity contribution is -0.458. The Morgan fingerprint density at radius 3 is 2.28 bits per heavy atom. The number of rotatable bonds is 7. The maximum Gasteiger partial charge on any atom is 0.340 e. The van der Waals surface area contributed by atoms with E-state index in [0.29, 0.717) is 22.4 Å². The zero-order valence-corrected chi connectivity index (χ0v) is 19.2. The molecule has 0 aliphatic rings. The van der Waals surface area contributed by atoms with E-state index < -0.39 is 25.0 Å². The smallest absolute Gasteiger partial charge is 0.340 e. The molecule has 0 saturated heterocycles. The summed E-state index contributed by atoms with van der Waals surface area (Å²) in [6.45, 7) is 9.81. The Labute approximate surface area is 185 Å². The van der Waals surface area contributed by atoms with Crippen LogP contribution in [0.5, 0.6) is 5.88 Å². The van der Waals surface area contributed by atoms with E-state index in [1.54, 1.807) is 39.0 Å². The maximum absolute atomic E-state index is 12.9. The van der Waals surface area contributed by atoms with Crippen LogP contribution in [-0.2, 0) is 0 Å². The van der Waals surface area contributed by atoms with E-state index in [4.69, 9.17) is 4.74 Å². The largest absolute Gasteiger partial charge is 0.471 e. The number of carbonyl (C=O) groups is 1. The second kappa shape index (κ2) is 11.2. The van der Waals surface area contributed by atoms with E-state index in [1.807, 2.05) is 0 Å². The van der Waals surface area contributed by atoms with E-state index >= 15 is 0 Å². The zero-order valence-electron chi connectivity index (χ0n) is 19.2. The number of aryl methyl sites for hydroxylation is 2. The molecule has 4 N–H and O–H groups in total. The summed E-state index contributed by atoms with van der Waals surface area (Å²) >= 11 is 0. The first-order valence-electron chi connectivity index (χ1n) is 9.94. The quantitative estimate of drug-likeness (QED) is 0.615. The molecular weight excluding hydrogens is 428 g/mol. The number of amides is 1. The van der Waals surface area contributed by atoms with Crippen molar-refractivity contribution < 1.29 is 32.8 Å². The highest BCUT2D eigenvalue weighted by atomic mass is 19.3. The fourth-order valence-electron chi connectivity index (χ4n) is 2.25. The Bertz CT molecular complexity index is 896. The molecule has 1 unspecified atom stereocenters. The van der Waals surface area contributed by atoms with Crippen molar-refractivity contribution in [1.82, 2.24) is 15.3 Å². The minimum absolute atomic E-state index is 0.164. The fourth-order valence-corrected chi connectivity index (χ4v) is 2.25. The van der Waals surface area contributed by atoms with Crippen LogP contribution in [-0.4, -0.2) is 40.4 Å². The summed E-state index contributed by atoms with van der Waals surface area (Å²) in [4.78, 5) is 20.2. The van der Waals surface area contributed by atoms with Crippen molar-refractivity contribution in [2.45, 2.75) is 65.5 Å². The van der Waals surface area contributed by atoms with Crippen molar-refractivity contribution in [2.75, 3.05) is 6.61 Å². The molecule has 2 aromatic rings. The van der Waals surface area contributed by atoms with E-state index in [9.17, 15) is 22.4 Å². The molecule has 2 aromatic heterocycles. The zero-order chi connectivity index (χ0) is 24.7. The SMILES string of the molecule is CC(C)(C)[NH3+].Cc1cc(C(=O)NC(C)c2cnc(OCC(F)(F)C(F)F)c(C)c2)ccn1. The molecule has 6 nitrogen and oxygen atoms in total. The first-order valence-corrected chi connectivity index (χ1v) is 9.94. The van der Waals surface area contributed by atoms with Crippen LogP contribution in [0.2, 0.25) is 0 Å². The van der Waals surface area contributed by atoms with Gasteiger partial charge in [0.15, 0.2) is 6.61 Å². The van der Waals surface area contributed by atoms with Gasteiger partial charge in [-0.1, -0.05) is 0 Å². The molecule has 0 radical (unpaired) electrons. The molecule has 2 rings (SSSR count). The minimum atomic E-state index is -4.25. The number of nitrogens with one attached hydrogen (secondary N) is 1. The molecule has 10 heteroatoms. The number of aromatic nitrogens is 2. The number of halogens is 4. The van der Waals surface area contributed by atoms with Gasteiger partial charge in [0, 0.05) is 29.2 Å². The van der Waals surface area contributed by atoms with Crippen molar-refractivity contribution in [3.8, 4) is 5.88 Å². The fraction of sp³-hybridized carbons (Fsp3) is 0.500. The van der Waals surface area contributed by atoms with E-state index in [-0.39, 0.29) is 17.3 Å². The Morgan fingerprint density at radius 2 is 1.78 bits per heavy atom. The second-order valence-electron chi connectivity index (χ2n) is 8.68. The average Bonchev–Trinajstić information content (AvgIpc) is 2.65. The monoisotopic (exact) mass is 459 g/mol. The molecule has 2 heterocycles. The maximum atomic E-state index is 12.9. The Balaban J connectivity index is 0.000000920. The molecule has 1 atom stereocenters. The van der Waals surface area contributed by atoms with Gasteiger partial charge in [-0.2, -0.15) is 8.78 Å². The Kier molecular flexibility index (Phi) is 9.56. The van der Waals surface area contributed by atoms with Crippen molar-refractivity contribution >= 4 is 5.91 Å². The lowest BCUT2D eigenvalue weighted by atomic mass is 10.1. The van der Waals surface area contributed by atoms with E-state index in [0.717, 1.165) is 0 Å². The van der Waals surface area contributed by atoms with Gasteiger partial charge in [0.25, 0.3) is 5.91 Å². The summed E-state index contributed by atoms with van der Waals surface area (Å²) in [7, 11) is 0. The summed E-state index contributed by atoms with van der Waals surface area (Å²) in [6, 6.07) is 4.39. The standard InChI is InChI=1S/C18H19F4N3O2.C4H11N/c1-10-6-14(8-24-16(10)27-9-18(21,22)17(19)20)12(3)25-15(26)13-4-5-23-11(2)7-13;1-4(2,3)5/h4-8,12,17H,9H2,1-3H3,(H,25,26);5H2,1-3H3/p+1. The molecule has 0 aliphatic carbocycles. The summed E-state index contributed by atoms with van der Waals surface area (Å²) in [5.74, 6) is -4.72. The molecule has 32 heavy (non-hydrogen) atoms. The van der Waals surface area contributed by atoms with Crippen LogP contribution >= 0.6 is 0 Å². The third-order valence-corrected chi connectivity index (χ3v) is 3.78. The lowest BCUT2D eigenvalue weighted by Gasteiger charge is -2.18. The highest BCUT2D eigenvalue weighted by molar-refractivity contribution is 5.94. The number of hydrogen-bond donors (Lipinski definition) is 2. The Morgan fingerprint density at radius 1 is 1.19 bits per heavy atom. The van der Waals surface area contributed by atoms with Crippen LogP contribution in [0.15, 0.2) is 30.6 Å². The van der Waals surface area contributed by atoms with Gasteiger partial charge in [-0.3, -0.25) is 9.78 Å². The summed E-state index contributed by atoms with van der Waals surface area (Å²) < 4.78 is 55.0. The molecule has 0 aromatic carbocycles. The number of carbonyl (C=O) groups excluding carboxylic acids is 1. The number of nitrogens with zero attached hydrogens (tertiary/aromatic N) is 2. The van der Waals surface area contributed by atoms with Crippen LogP contribution in [0.4, 0.5) is 17.6 Å². The van der Waals surface area contributed by atoms with E-state index in [1.165, 1.54) is 12.4 Å². The third kappa shape index (κ3) is 9.59. The minimum Gasteiger partial charge on any atom is -0.471 e. The first-order chi connectivity index (χ1) is 14.6. The number of ether oxygens (including phenoxy) is 1. The van der Waals surface area contributed by atoms with Gasteiger partial charge in [-0.25, -0.2) is 13.8 Å². The van der Waals surface area contributed by atoms with Crippen molar-refractivity contribution in [1.29, 1.82) is 0 Å². The van der Waals surface area contributed by atoms with Gasteiger partial charge in [-0.05, 0) is 65.3 Å². The van der Waals surface area contributed by atoms with Crippen LogP contribution in [0.25, 0.3) is 0 Å². The summed E-state index contributed by atoms with van der Waals surface area (Å²) in [6.07, 6.45) is -0.947. The molecule has 0 aliphatic heterocycles. The van der Waals surface area contributed by atoms with Crippen LogP contribution in [0.3, 0.4) is 0 Å². The van der Waals surface area contributed by atoms with Gasteiger partial charge >= 0.3 is 12.3 Å². The van der Waals surface area contributed by atoms with Gasteiger partial charge in [-0.15, -0.1) is 0 Å². The highest BCUT2D eigenvalue weighted by Crippen LogP contribution is 2.26. The van der Waals surface area contributed by atoms with E-state index in [2.05, 4.69) is 41.8 Å². The van der Waals surface area contributed by atoms with Crippen LogP contribution in [0, 0.1) is 13.8 Å². The van der Waals surface area contributed by atoms with Crippen molar-refractivity contribution in [3.05, 3.63) is 53.0 Å². The topological polar surface area (TPSA) is 91.8 Å².